The van der Waals surface area contributed by atoms with Gasteiger partial charge in [-0.2, -0.15) is 0 Å². The molecule has 0 saturated carbocycles. The Morgan fingerprint density at radius 3 is 2.67 bits per heavy atom. The molecule has 3 nitrogen and oxygen atoms in total. The summed E-state index contributed by atoms with van der Waals surface area (Å²) < 4.78 is 0. The van der Waals surface area contributed by atoms with E-state index in [1.165, 1.54) is 0 Å². The zero-order valence-electron chi connectivity index (χ0n) is 11.8. The summed E-state index contributed by atoms with van der Waals surface area (Å²) in [5, 5.41) is 13.0. The van der Waals surface area contributed by atoms with Gasteiger partial charge in [-0.25, -0.2) is 0 Å². The van der Waals surface area contributed by atoms with Gasteiger partial charge in [0.15, 0.2) is 0 Å². The highest BCUT2D eigenvalue weighted by atomic mass is 35.5. The van der Waals surface area contributed by atoms with Crippen LogP contribution >= 0.6 is 23.4 Å². The quantitative estimate of drug-likeness (QED) is 0.822. The largest absolute Gasteiger partial charge is 0.389 e. The molecule has 2 N–H and O–H groups in total. The Morgan fingerprint density at radius 2 is 2.00 bits per heavy atom. The summed E-state index contributed by atoms with van der Waals surface area (Å²) in [6, 6.07) is 12.5. The van der Waals surface area contributed by atoms with E-state index < -0.39 is 6.10 Å². The summed E-state index contributed by atoms with van der Waals surface area (Å²) in [5.41, 5.74) is 1.68. The molecule has 0 spiro atoms. The van der Waals surface area contributed by atoms with E-state index in [-0.39, 0.29) is 5.91 Å². The lowest BCUT2D eigenvalue weighted by molar-refractivity contribution is 0.102. The van der Waals surface area contributed by atoms with E-state index in [0.717, 1.165) is 4.90 Å². The number of thioether (sulfide) groups is 1. The normalized spacial score (nSPS) is 12.0. The molecule has 0 saturated heterocycles. The lowest BCUT2D eigenvalue weighted by Crippen LogP contribution is -2.14. The number of aliphatic hydroxyl groups is 1. The average molecular weight is 322 g/mol. The highest BCUT2D eigenvalue weighted by Crippen LogP contribution is 2.26. The summed E-state index contributed by atoms with van der Waals surface area (Å²) in [6.07, 6.45) is 1.28. The number of para-hydroxylation sites is 1. The van der Waals surface area contributed by atoms with Crippen molar-refractivity contribution in [2.75, 3.05) is 11.6 Å². The third kappa shape index (κ3) is 3.79. The van der Waals surface area contributed by atoms with E-state index in [1.54, 1.807) is 49.0 Å². The van der Waals surface area contributed by atoms with E-state index >= 15 is 0 Å². The lowest BCUT2D eigenvalue weighted by Gasteiger charge is -2.13. The van der Waals surface area contributed by atoms with Crippen LogP contribution in [0.2, 0.25) is 5.02 Å². The second-order valence-corrected chi connectivity index (χ2v) is 5.85. The van der Waals surface area contributed by atoms with Crippen molar-refractivity contribution >= 4 is 35.0 Å². The molecular weight excluding hydrogens is 306 g/mol. The summed E-state index contributed by atoms with van der Waals surface area (Å²) in [4.78, 5) is 13.4. The molecule has 0 aliphatic carbocycles. The van der Waals surface area contributed by atoms with Crippen LogP contribution in [0.15, 0.2) is 47.4 Å². The second kappa shape index (κ2) is 6.98. The van der Waals surface area contributed by atoms with Crippen LogP contribution in [0.25, 0.3) is 0 Å². The number of carbonyl (C=O) groups excluding carboxylic acids is 1. The van der Waals surface area contributed by atoms with Crippen LogP contribution < -0.4 is 5.32 Å². The van der Waals surface area contributed by atoms with Crippen molar-refractivity contribution in [1.29, 1.82) is 0 Å². The summed E-state index contributed by atoms with van der Waals surface area (Å²) in [7, 11) is 0. The van der Waals surface area contributed by atoms with Crippen molar-refractivity contribution in [1.82, 2.24) is 0 Å². The summed E-state index contributed by atoms with van der Waals surface area (Å²) in [6.45, 7) is 1.66. The fourth-order valence-corrected chi connectivity index (χ4v) is 2.61. The Labute approximate surface area is 133 Å². The van der Waals surface area contributed by atoms with Gasteiger partial charge in [0.2, 0.25) is 0 Å². The van der Waals surface area contributed by atoms with E-state index in [1.807, 2.05) is 18.4 Å². The molecule has 5 heteroatoms. The van der Waals surface area contributed by atoms with Crippen LogP contribution in [-0.2, 0) is 0 Å². The Morgan fingerprint density at radius 1 is 1.29 bits per heavy atom. The molecule has 0 aliphatic heterocycles. The Bertz CT molecular complexity index is 658. The van der Waals surface area contributed by atoms with Gasteiger partial charge in [0.25, 0.3) is 5.91 Å². The van der Waals surface area contributed by atoms with Crippen molar-refractivity contribution in [3.8, 4) is 0 Å². The van der Waals surface area contributed by atoms with Crippen molar-refractivity contribution in [3.63, 3.8) is 0 Å². The number of hydrogen-bond donors (Lipinski definition) is 2. The molecule has 1 amide bonds. The van der Waals surface area contributed by atoms with Gasteiger partial charge in [-0.05, 0) is 37.4 Å². The molecule has 21 heavy (non-hydrogen) atoms. The van der Waals surface area contributed by atoms with Crippen LogP contribution in [0, 0.1) is 0 Å². The van der Waals surface area contributed by atoms with Crippen molar-refractivity contribution < 1.29 is 9.90 Å². The Hall–Kier alpha value is -1.49. The van der Waals surface area contributed by atoms with E-state index in [4.69, 9.17) is 11.6 Å². The van der Waals surface area contributed by atoms with Crippen molar-refractivity contribution in [2.45, 2.75) is 17.9 Å². The van der Waals surface area contributed by atoms with Gasteiger partial charge in [-0.15, -0.1) is 11.8 Å². The molecule has 0 heterocycles. The number of nitrogens with one attached hydrogen (secondary N) is 1. The molecule has 0 bridgehead atoms. The van der Waals surface area contributed by atoms with Crippen LogP contribution in [0.3, 0.4) is 0 Å². The maximum Gasteiger partial charge on any atom is 0.257 e. The number of rotatable bonds is 4. The number of hydrogen-bond acceptors (Lipinski definition) is 3. The third-order valence-electron chi connectivity index (χ3n) is 3.08. The van der Waals surface area contributed by atoms with Gasteiger partial charge < -0.3 is 10.4 Å². The van der Waals surface area contributed by atoms with Crippen LogP contribution in [0.1, 0.15) is 28.9 Å². The molecule has 0 fully saturated rings. The van der Waals surface area contributed by atoms with Crippen molar-refractivity contribution in [3.05, 3.63) is 58.6 Å². The number of halogens is 1. The molecule has 1 atom stereocenters. The third-order valence-corrected chi connectivity index (χ3v) is 4.13. The minimum atomic E-state index is -0.658. The first kappa shape index (κ1) is 15.9. The van der Waals surface area contributed by atoms with Gasteiger partial charge in [0.05, 0.1) is 16.7 Å². The molecule has 2 aromatic rings. The summed E-state index contributed by atoms with van der Waals surface area (Å²) >= 11 is 7.64. The lowest BCUT2D eigenvalue weighted by atomic mass is 10.1. The molecular formula is C16H16ClNO2S. The number of benzene rings is 2. The molecule has 1 unspecified atom stereocenters. The molecule has 2 aromatic carbocycles. The van der Waals surface area contributed by atoms with E-state index in [2.05, 4.69) is 5.32 Å². The van der Waals surface area contributed by atoms with Gasteiger partial charge in [0.1, 0.15) is 0 Å². The number of anilines is 1. The SMILES string of the molecule is CSc1ccc(Cl)c(C(=O)Nc2ccccc2C(C)O)c1. The smallest absolute Gasteiger partial charge is 0.257 e. The van der Waals surface area contributed by atoms with Crippen LogP contribution in [0.5, 0.6) is 0 Å². The highest BCUT2D eigenvalue weighted by Gasteiger charge is 2.14. The average Bonchev–Trinajstić information content (AvgIpc) is 2.48. The predicted molar refractivity (Wildman–Crippen MR) is 88.3 cm³/mol. The predicted octanol–water partition coefficient (Wildman–Crippen LogP) is 4.37. The first-order valence-electron chi connectivity index (χ1n) is 6.45. The maximum absolute atomic E-state index is 12.4. The minimum Gasteiger partial charge on any atom is -0.389 e. The summed E-state index contributed by atoms with van der Waals surface area (Å²) in [5.74, 6) is -0.288. The Kier molecular flexibility index (Phi) is 5.28. The topological polar surface area (TPSA) is 49.3 Å². The monoisotopic (exact) mass is 321 g/mol. The fourth-order valence-electron chi connectivity index (χ4n) is 1.97. The van der Waals surface area contributed by atoms with Crippen molar-refractivity contribution in [2.24, 2.45) is 0 Å². The van der Waals surface area contributed by atoms with Gasteiger partial charge in [-0.3, -0.25) is 4.79 Å². The molecule has 0 aliphatic rings. The first-order valence-corrected chi connectivity index (χ1v) is 8.05. The van der Waals surface area contributed by atoms with E-state index in [9.17, 15) is 9.90 Å². The molecule has 2 rings (SSSR count). The standard InChI is InChI=1S/C16H16ClNO2S/c1-10(19)12-5-3-4-6-15(12)18-16(20)13-9-11(21-2)7-8-14(13)17/h3-10,19H,1-2H3,(H,18,20). The second-order valence-electron chi connectivity index (χ2n) is 4.56. The van der Waals surface area contributed by atoms with Gasteiger partial charge in [0, 0.05) is 16.1 Å². The van der Waals surface area contributed by atoms with E-state index in [0.29, 0.717) is 21.8 Å². The van der Waals surface area contributed by atoms with Crippen LogP contribution in [0.4, 0.5) is 5.69 Å². The number of carbonyl (C=O) groups is 1. The van der Waals surface area contributed by atoms with Crippen LogP contribution in [-0.4, -0.2) is 17.3 Å². The van der Waals surface area contributed by atoms with Gasteiger partial charge >= 0.3 is 0 Å². The molecule has 110 valence electrons. The Balaban J connectivity index is 2.30. The molecule has 0 aromatic heterocycles. The maximum atomic E-state index is 12.4. The first-order chi connectivity index (χ1) is 10.0. The number of aliphatic hydroxyl groups excluding tert-OH is 1. The number of amides is 1. The zero-order chi connectivity index (χ0) is 15.4. The minimum absolute atomic E-state index is 0.288. The van der Waals surface area contributed by atoms with Gasteiger partial charge in [-0.1, -0.05) is 29.8 Å². The fraction of sp³-hybridized carbons (Fsp3) is 0.188. The molecule has 0 radical (unpaired) electrons. The zero-order valence-corrected chi connectivity index (χ0v) is 13.3. The highest BCUT2D eigenvalue weighted by molar-refractivity contribution is 7.98.